The lowest BCUT2D eigenvalue weighted by atomic mass is 10.0. The topological polar surface area (TPSA) is 81.4 Å². The van der Waals surface area contributed by atoms with Crippen LogP contribution >= 0.6 is 0 Å². The van der Waals surface area contributed by atoms with Crippen LogP contribution in [0.2, 0.25) is 0 Å². The number of nitrogens with two attached hydrogens (primary N) is 1. The summed E-state index contributed by atoms with van der Waals surface area (Å²) < 4.78 is 44.9. The quantitative estimate of drug-likeness (QED) is 0.801. The van der Waals surface area contributed by atoms with Gasteiger partial charge in [0.25, 0.3) is 0 Å². The summed E-state index contributed by atoms with van der Waals surface area (Å²) in [4.78, 5) is -0.114. The highest BCUT2D eigenvalue weighted by molar-refractivity contribution is 7.89. The van der Waals surface area contributed by atoms with Crippen molar-refractivity contribution < 1.29 is 17.5 Å². The first kappa shape index (κ1) is 13.3. The molecular weight excluding hydrogens is 259 g/mol. The van der Waals surface area contributed by atoms with Crippen LogP contribution in [0.1, 0.15) is 13.3 Å². The maximum atomic E-state index is 12.9. The van der Waals surface area contributed by atoms with Gasteiger partial charge in [0.1, 0.15) is 10.7 Å². The van der Waals surface area contributed by atoms with E-state index in [1.807, 2.05) is 0 Å². The third-order valence-corrected chi connectivity index (χ3v) is 4.57. The van der Waals surface area contributed by atoms with Crippen LogP contribution in [-0.4, -0.2) is 27.2 Å². The summed E-state index contributed by atoms with van der Waals surface area (Å²) in [6.07, 6.45) is 0.591. The Bertz CT molecular complexity index is 553. The highest BCUT2D eigenvalue weighted by atomic mass is 32.2. The Kier molecular flexibility index (Phi) is 3.31. The van der Waals surface area contributed by atoms with Gasteiger partial charge in [-0.25, -0.2) is 17.5 Å². The van der Waals surface area contributed by atoms with Crippen LogP contribution in [0.4, 0.5) is 10.1 Å². The van der Waals surface area contributed by atoms with Crippen molar-refractivity contribution in [2.45, 2.75) is 23.8 Å². The number of anilines is 1. The lowest BCUT2D eigenvalue weighted by Crippen LogP contribution is -2.46. The fourth-order valence-corrected chi connectivity index (χ4v) is 3.43. The smallest absolute Gasteiger partial charge is 0.243 e. The molecule has 1 aliphatic rings. The van der Waals surface area contributed by atoms with Gasteiger partial charge in [0.15, 0.2) is 0 Å². The first-order chi connectivity index (χ1) is 8.32. The molecule has 5 nitrogen and oxygen atoms in total. The van der Waals surface area contributed by atoms with Crippen LogP contribution in [0.15, 0.2) is 23.1 Å². The van der Waals surface area contributed by atoms with Gasteiger partial charge in [0.05, 0.1) is 17.8 Å². The maximum absolute atomic E-state index is 12.9. The van der Waals surface area contributed by atoms with Gasteiger partial charge in [-0.15, -0.1) is 0 Å². The molecule has 0 aliphatic carbocycles. The number of hydrogen-bond donors (Lipinski definition) is 2. The second-order valence-corrected chi connectivity index (χ2v) is 6.30. The van der Waals surface area contributed by atoms with Crippen LogP contribution in [0, 0.1) is 5.82 Å². The highest BCUT2D eigenvalue weighted by Crippen LogP contribution is 2.24. The molecule has 3 N–H and O–H groups in total. The van der Waals surface area contributed by atoms with Crippen molar-refractivity contribution in [3.63, 3.8) is 0 Å². The van der Waals surface area contributed by atoms with E-state index in [1.54, 1.807) is 6.92 Å². The molecule has 18 heavy (non-hydrogen) atoms. The summed E-state index contributed by atoms with van der Waals surface area (Å²) in [5.74, 6) is -0.568. The van der Waals surface area contributed by atoms with Crippen molar-refractivity contribution in [2.24, 2.45) is 0 Å². The zero-order valence-corrected chi connectivity index (χ0v) is 10.8. The van der Waals surface area contributed by atoms with Crippen molar-refractivity contribution in [2.75, 3.05) is 18.9 Å². The van der Waals surface area contributed by atoms with Crippen LogP contribution in [-0.2, 0) is 14.8 Å². The molecule has 0 amide bonds. The molecule has 0 spiro atoms. The molecular formula is C11H15FN2O3S. The zero-order valence-electron chi connectivity index (χ0n) is 9.94. The molecule has 1 saturated heterocycles. The molecule has 1 aromatic rings. The molecule has 0 saturated carbocycles. The Labute approximate surface area is 105 Å². The second kappa shape index (κ2) is 4.49. The van der Waals surface area contributed by atoms with Gasteiger partial charge in [0, 0.05) is 6.61 Å². The van der Waals surface area contributed by atoms with Gasteiger partial charge in [-0.1, -0.05) is 0 Å². The second-order valence-electron chi connectivity index (χ2n) is 4.65. The van der Waals surface area contributed by atoms with E-state index in [4.69, 9.17) is 10.5 Å². The van der Waals surface area contributed by atoms with Gasteiger partial charge >= 0.3 is 0 Å². The Hall–Kier alpha value is -1.18. The minimum atomic E-state index is -3.77. The molecule has 100 valence electrons. The molecule has 2 rings (SSSR count). The molecule has 1 fully saturated rings. The van der Waals surface area contributed by atoms with Crippen molar-refractivity contribution in [1.29, 1.82) is 0 Å². The van der Waals surface area contributed by atoms with Crippen molar-refractivity contribution in [3.8, 4) is 0 Å². The summed E-state index contributed by atoms with van der Waals surface area (Å²) in [5, 5.41) is 0. The average Bonchev–Trinajstić information content (AvgIpc) is 2.62. The minimum Gasteiger partial charge on any atom is -0.398 e. The predicted octanol–water partition coefficient (Wildman–Crippen LogP) is 0.865. The lowest BCUT2D eigenvalue weighted by Gasteiger charge is -2.23. The van der Waals surface area contributed by atoms with E-state index in [1.165, 1.54) is 0 Å². The van der Waals surface area contributed by atoms with E-state index in [2.05, 4.69) is 4.72 Å². The fraction of sp³-hybridized carbons (Fsp3) is 0.455. The first-order valence-electron chi connectivity index (χ1n) is 5.49. The van der Waals surface area contributed by atoms with E-state index in [0.717, 1.165) is 18.2 Å². The van der Waals surface area contributed by atoms with Crippen molar-refractivity contribution in [3.05, 3.63) is 24.0 Å². The summed E-state index contributed by atoms with van der Waals surface area (Å²) >= 11 is 0. The number of nitrogen functional groups attached to an aromatic ring is 1. The van der Waals surface area contributed by atoms with E-state index in [-0.39, 0.29) is 10.6 Å². The summed E-state index contributed by atoms with van der Waals surface area (Å²) in [5.41, 5.74) is 4.79. The molecule has 0 aromatic heterocycles. The molecule has 1 unspecified atom stereocenters. The normalized spacial score (nSPS) is 24.3. The third kappa shape index (κ3) is 2.63. The fourth-order valence-electron chi connectivity index (χ4n) is 1.89. The van der Waals surface area contributed by atoms with Gasteiger partial charge in [-0.2, -0.15) is 0 Å². The molecule has 0 radical (unpaired) electrons. The zero-order chi connectivity index (χ0) is 13.4. The lowest BCUT2D eigenvalue weighted by molar-refractivity contribution is 0.178. The number of nitrogens with one attached hydrogen (secondary N) is 1. The monoisotopic (exact) mass is 274 g/mol. The minimum absolute atomic E-state index is 0.106. The Balaban J connectivity index is 2.30. The highest BCUT2D eigenvalue weighted by Gasteiger charge is 2.35. The molecule has 1 aromatic carbocycles. The number of sulfonamides is 1. The number of halogens is 1. The molecule has 7 heteroatoms. The third-order valence-electron chi connectivity index (χ3n) is 2.86. The van der Waals surface area contributed by atoms with E-state index < -0.39 is 21.4 Å². The summed E-state index contributed by atoms with van der Waals surface area (Å²) in [7, 11) is -3.77. The molecule has 1 heterocycles. The van der Waals surface area contributed by atoms with Gasteiger partial charge in [-0.05, 0) is 31.5 Å². The van der Waals surface area contributed by atoms with Gasteiger partial charge in [0.2, 0.25) is 10.0 Å². The largest absolute Gasteiger partial charge is 0.398 e. The van der Waals surface area contributed by atoms with Crippen LogP contribution in [0.3, 0.4) is 0 Å². The number of rotatable bonds is 3. The average molecular weight is 274 g/mol. The van der Waals surface area contributed by atoms with Gasteiger partial charge in [-0.3, -0.25) is 0 Å². The molecule has 1 atom stereocenters. The Morgan fingerprint density at radius 2 is 2.22 bits per heavy atom. The number of benzene rings is 1. The molecule has 0 bridgehead atoms. The molecule has 1 aliphatic heterocycles. The first-order valence-corrected chi connectivity index (χ1v) is 6.97. The van der Waals surface area contributed by atoms with Crippen LogP contribution in [0.5, 0.6) is 0 Å². The standard InChI is InChI=1S/C11H15FN2O3S/c1-11(4-5-17-7-11)14-18(15,16)10-3-2-8(12)6-9(10)13/h2-3,6,14H,4-5,7,13H2,1H3. The van der Waals surface area contributed by atoms with Crippen molar-refractivity contribution in [1.82, 2.24) is 4.72 Å². The Morgan fingerprint density at radius 3 is 2.78 bits per heavy atom. The number of ether oxygens (including phenoxy) is 1. The predicted molar refractivity (Wildman–Crippen MR) is 65.0 cm³/mol. The van der Waals surface area contributed by atoms with E-state index in [0.29, 0.717) is 19.6 Å². The summed E-state index contributed by atoms with van der Waals surface area (Å²) in [6, 6.07) is 3.21. The summed E-state index contributed by atoms with van der Waals surface area (Å²) in [6.45, 7) is 2.59. The Morgan fingerprint density at radius 1 is 1.50 bits per heavy atom. The van der Waals surface area contributed by atoms with E-state index >= 15 is 0 Å². The number of hydrogen-bond acceptors (Lipinski definition) is 4. The van der Waals surface area contributed by atoms with Crippen LogP contribution in [0.25, 0.3) is 0 Å². The van der Waals surface area contributed by atoms with Crippen LogP contribution < -0.4 is 10.5 Å². The van der Waals surface area contributed by atoms with Crippen molar-refractivity contribution >= 4 is 15.7 Å². The van der Waals surface area contributed by atoms with E-state index in [9.17, 15) is 12.8 Å². The SMILES string of the molecule is CC1(NS(=O)(=O)c2ccc(F)cc2N)CCOC1. The van der Waals surface area contributed by atoms with Gasteiger partial charge < -0.3 is 10.5 Å². The maximum Gasteiger partial charge on any atom is 0.243 e.